The highest BCUT2D eigenvalue weighted by Crippen LogP contribution is 2.41. The fourth-order valence-corrected chi connectivity index (χ4v) is 1.70. The summed E-state index contributed by atoms with van der Waals surface area (Å²) in [5.74, 6) is 0.840. The normalized spacial score (nSPS) is 15.9. The van der Waals surface area contributed by atoms with Crippen LogP contribution in [0.3, 0.4) is 0 Å². The molecule has 1 fully saturated rings. The Labute approximate surface area is 101 Å². The van der Waals surface area contributed by atoms with Gasteiger partial charge in [-0.1, -0.05) is 12.1 Å². The number of ether oxygens (including phenoxy) is 2. The SMILES string of the molecule is COC=O.COc1ccc(C2(O)CCC2)cc1. The highest BCUT2D eigenvalue weighted by molar-refractivity contribution is 5.36. The summed E-state index contributed by atoms with van der Waals surface area (Å²) in [5, 5.41) is 10.0. The van der Waals surface area contributed by atoms with E-state index in [9.17, 15) is 5.11 Å². The number of benzene rings is 1. The maximum absolute atomic E-state index is 10.0. The molecule has 94 valence electrons. The quantitative estimate of drug-likeness (QED) is 0.816. The lowest BCUT2D eigenvalue weighted by molar-refractivity contribution is -0.126. The second-order valence-electron chi connectivity index (χ2n) is 3.95. The molecule has 0 aliphatic heterocycles. The molecule has 1 aromatic carbocycles. The van der Waals surface area contributed by atoms with Gasteiger partial charge in [-0.05, 0) is 37.0 Å². The van der Waals surface area contributed by atoms with Gasteiger partial charge < -0.3 is 14.6 Å². The minimum Gasteiger partial charge on any atom is -0.497 e. The van der Waals surface area contributed by atoms with Crippen LogP contribution in [0.15, 0.2) is 24.3 Å². The third-order valence-electron chi connectivity index (χ3n) is 2.90. The second-order valence-corrected chi connectivity index (χ2v) is 3.95. The van der Waals surface area contributed by atoms with Crippen LogP contribution < -0.4 is 4.74 Å². The number of carbonyl (C=O) groups excluding carboxylic acids is 1. The Bertz CT molecular complexity index is 341. The van der Waals surface area contributed by atoms with Crippen molar-refractivity contribution in [1.29, 1.82) is 0 Å². The lowest BCUT2D eigenvalue weighted by atomic mass is 9.75. The third kappa shape index (κ3) is 3.46. The molecule has 1 aromatic rings. The summed E-state index contributed by atoms with van der Waals surface area (Å²) in [7, 11) is 2.96. The molecular weight excluding hydrogens is 220 g/mol. The molecule has 4 heteroatoms. The van der Waals surface area contributed by atoms with E-state index in [2.05, 4.69) is 4.74 Å². The first-order valence-corrected chi connectivity index (χ1v) is 5.49. The van der Waals surface area contributed by atoms with Gasteiger partial charge in [0.2, 0.25) is 0 Å². The van der Waals surface area contributed by atoms with Gasteiger partial charge in [-0.3, -0.25) is 4.79 Å². The topological polar surface area (TPSA) is 55.8 Å². The number of rotatable bonds is 3. The largest absolute Gasteiger partial charge is 0.497 e. The Morgan fingerprint density at radius 3 is 2.06 bits per heavy atom. The smallest absolute Gasteiger partial charge is 0.292 e. The molecule has 0 aromatic heterocycles. The van der Waals surface area contributed by atoms with Gasteiger partial charge in [0.05, 0.1) is 19.8 Å². The van der Waals surface area contributed by atoms with Gasteiger partial charge in [0.1, 0.15) is 5.75 Å². The van der Waals surface area contributed by atoms with Crippen LogP contribution >= 0.6 is 0 Å². The van der Waals surface area contributed by atoms with Crippen molar-refractivity contribution in [3.05, 3.63) is 29.8 Å². The van der Waals surface area contributed by atoms with Gasteiger partial charge in [0.15, 0.2) is 0 Å². The van der Waals surface area contributed by atoms with E-state index in [0.29, 0.717) is 6.47 Å². The van der Waals surface area contributed by atoms with Crippen molar-refractivity contribution in [2.45, 2.75) is 24.9 Å². The zero-order valence-electron chi connectivity index (χ0n) is 10.2. The number of methoxy groups -OCH3 is 2. The zero-order chi connectivity index (χ0) is 12.7. The lowest BCUT2D eigenvalue weighted by Gasteiger charge is -2.37. The van der Waals surface area contributed by atoms with Crippen molar-refractivity contribution >= 4 is 6.47 Å². The van der Waals surface area contributed by atoms with Crippen molar-refractivity contribution in [2.24, 2.45) is 0 Å². The molecule has 0 unspecified atom stereocenters. The molecule has 1 aliphatic carbocycles. The summed E-state index contributed by atoms with van der Waals surface area (Å²) in [6.45, 7) is 0.375. The summed E-state index contributed by atoms with van der Waals surface area (Å²) in [6, 6.07) is 7.67. The van der Waals surface area contributed by atoms with Gasteiger partial charge in [0.25, 0.3) is 6.47 Å². The molecule has 0 atom stereocenters. The maximum atomic E-state index is 10.0. The zero-order valence-corrected chi connectivity index (χ0v) is 10.2. The Morgan fingerprint density at radius 2 is 1.76 bits per heavy atom. The molecule has 1 saturated carbocycles. The van der Waals surface area contributed by atoms with Gasteiger partial charge >= 0.3 is 0 Å². The van der Waals surface area contributed by atoms with Crippen molar-refractivity contribution in [1.82, 2.24) is 0 Å². The lowest BCUT2D eigenvalue weighted by Crippen LogP contribution is -2.33. The van der Waals surface area contributed by atoms with E-state index in [4.69, 9.17) is 9.53 Å². The van der Waals surface area contributed by atoms with E-state index in [0.717, 1.165) is 30.6 Å². The van der Waals surface area contributed by atoms with E-state index >= 15 is 0 Å². The number of hydrogen-bond donors (Lipinski definition) is 1. The molecule has 1 N–H and O–H groups in total. The van der Waals surface area contributed by atoms with Crippen LogP contribution in [0.25, 0.3) is 0 Å². The van der Waals surface area contributed by atoms with Crippen molar-refractivity contribution in [3.8, 4) is 5.75 Å². The minimum atomic E-state index is -0.549. The van der Waals surface area contributed by atoms with Crippen molar-refractivity contribution in [3.63, 3.8) is 0 Å². The van der Waals surface area contributed by atoms with E-state index in [-0.39, 0.29) is 0 Å². The van der Waals surface area contributed by atoms with Crippen LogP contribution in [0.5, 0.6) is 5.75 Å². The van der Waals surface area contributed by atoms with Gasteiger partial charge in [-0.25, -0.2) is 0 Å². The van der Waals surface area contributed by atoms with E-state index < -0.39 is 5.60 Å². The summed E-state index contributed by atoms with van der Waals surface area (Å²) in [4.78, 5) is 8.95. The fraction of sp³-hybridized carbons (Fsp3) is 0.462. The molecule has 0 amide bonds. The predicted molar refractivity (Wildman–Crippen MR) is 63.8 cm³/mol. The van der Waals surface area contributed by atoms with E-state index in [1.54, 1.807) is 7.11 Å². The molecule has 0 saturated heterocycles. The van der Waals surface area contributed by atoms with E-state index in [1.807, 2.05) is 24.3 Å². The van der Waals surface area contributed by atoms with Crippen molar-refractivity contribution in [2.75, 3.05) is 14.2 Å². The van der Waals surface area contributed by atoms with Gasteiger partial charge in [-0.2, -0.15) is 0 Å². The Morgan fingerprint density at radius 1 is 1.24 bits per heavy atom. The molecule has 0 radical (unpaired) electrons. The third-order valence-corrected chi connectivity index (χ3v) is 2.90. The molecule has 0 bridgehead atoms. The van der Waals surface area contributed by atoms with Gasteiger partial charge in [-0.15, -0.1) is 0 Å². The minimum absolute atomic E-state index is 0.375. The van der Waals surface area contributed by atoms with Crippen LogP contribution in [-0.4, -0.2) is 25.8 Å². The molecule has 4 nitrogen and oxygen atoms in total. The highest BCUT2D eigenvalue weighted by Gasteiger charge is 2.35. The first-order valence-electron chi connectivity index (χ1n) is 5.49. The maximum Gasteiger partial charge on any atom is 0.292 e. The molecule has 0 heterocycles. The Kier molecular flexibility index (Phi) is 4.97. The number of carbonyl (C=O) groups is 1. The monoisotopic (exact) mass is 238 g/mol. The summed E-state index contributed by atoms with van der Waals surface area (Å²) in [6.07, 6.45) is 2.90. The van der Waals surface area contributed by atoms with Crippen LogP contribution in [0.1, 0.15) is 24.8 Å². The number of aliphatic hydroxyl groups is 1. The Hall–Kier alpha value is -1.55. The second kappa shape index (κ2) is 6.25. The van der Waals surface area contributed by atoms with Gasteiger partial charge in [0, 0.05) is 0 Å². The summed E-state index contributed by atoms with van der Waals surface area (Å²) in [5.41, 5.74) is 0.464. The van der Waals surface area contributed by atoms with E-state index in [1.165, 1.54) is 7.11 Å². The molecule has 17 heavy (non-hydrogen) atoms. The first-order chi connectivity index (χ1) is 8.16. The first kappa shape index (κ1) is 13.5. The van der Waals surface area contributed by atoms with Crippen LogP contribution in [-0.2, 0) is 15.1 Å². The van der Waals surface area contributed by atoms with Crippen LogP contribution in [0.4, 0.5) is 0 Å². The average Bonchev–Trinajstić information content (AvgIpc) is 2.36. The van der Waals surface area contributed by atoms with Crippen LogP contribution in [0.2, 0.25) is 0 Å². The Balaban J connectivity index is 0.000000317. The molecule has 2 rings (SSSR count). The molecular formula is C13H18O4. The van der Waals surface area contributed by atoms with Crippen LogP contribution in [0, 0.1) is 0 Å². The fourth-order valence-electron chi connectivity index (χ4n) is 1.70. The summed E-state index contributed by atoms with van der Waals surface area (Å²) < 4.78 is 8.91. The summed E-state index contributed by atoms with van der Waals surface area (Å²) >= 11 is 0. The highest BCUT2D eigenvalue weighted by atomic mass is 16.5. The molecule has 0 spiro atoms. The van der Waals surface area contributed by atoms with Crippen molar-refractivity contribution < 1.29 is 19.4 Å². The average molecular weight is 238 g/mol. The number of hydrogen-bond acceptors (Lipinski definition) is 4. The molecule has 1 aliphatic rings. The predicted octanol–water partition coefficient (Wildman–Crippen LogP) is 1.86. The standard InChI is InChI=1S/C11H14O2.C2H4O2/c1-13-10-5-3-9(4-6-10)11(12)7-2-8-11;1-4-2-3/h3-6,12H,2,7-8H2,1H3;2H,1H3.